The number of aryl methyl sites for hydroxylation is 1. The molecule has 0 saturated carbocycles. The van der Waals surface area contributed by atoms with E-state index in [4.69, 9.17) is 12.2 Å². The molecule has 0 spiro atoms. The van der Waals surface area contributed by atoms with E-state index in [2.05, 4.69) is 51.3 Å². The van der Waals surface area contributed by atoms with Crippen molar-refractivity contribution in [1.82, 2.24) is 15.2 Å². The first kappa shape index (κ1) is 18.6. The van der Waals surface area contributed by atoms with Gasteiger partial charge in [-0.15, -0.1) is 0 Å². The molecule has 1 aliphatic rings. The van der Waals surface area contributed by atoms with Gasteiger partial charge < -0.3 is 15.2 Å². The van der Waals surface area contributed by atoms with Crippen molar-refractivity contribution in [2.24, 2.45) is 0 Å². The fourth-order valence-corrected chi connectivity index (χ4v) is 3.48. The Hall–Kier alpha value is -2.18. The lowest BCUT2D eigenvalue weighted by Crippen LogP contribution is -2.47. The molecular formula is C20H26N4OS. The number of piperazine rings is 1. The second-order valence-corrected chi connectivity index (χ2v) is 7.10. The van der Waals surface area contributed by atoms with Crippen LogP contribution >= 0.6 is 12.2 Å². The highest BCUT2D eigenvalue weighted by molar-refractivity contribution is 7.71. The van der Waals surface area contributed by atoms with Gasteiger partial charge in [0.2, 0.25) is 0 Å². The minimum absolute atomic E-state index is 0.101. The van der Waals surface area contributed by atoms with Crippen LogP contribution in [0.2, 0.25) is 0 Å². The van der Waals surface area contributed by atoms with Crippen LogP contribution in [0.25, 0.3) is 0 Å². The highest BCUT2D eigenvalue weighted by Gasteiger charge is 2.17. The zero-order valence-corrected chi connectivity index (χ0v) is 16.0. The van der Waals surface area contributed by atoms with Crippen LogP contribution < -0.4 is 10.2 Å². The number of nitrogens with one attached hydrogen (secondary N) is 2. The van der Waals surface area contributed by atoms with Gasteiger partial charge in [0, 0.05) is 44.6 Å². The molecule has 0 radical (unpaired) electrons. The maximum atomic E-state index is 12.1. The lowest BCUT2D eigenvalue weighted by molar-refractivity contribution is 0.0950. The first-order valence-corrected chi connectivity index (χ1v) is 9.54. The highest BCUT2D eigenvalue weighted by atomic mass is 32.1. The van der Waals surface area contributed by atoms with E-state index in [-0.39, 0.29) is 5.91 Å². The Morgan fingerprint density at radius 2 is 2.00 bits per heavy atom. The fourth-order valence-electron chi connectivity index (χ4n) is 3.25. The number of H-pyrrole nitrogens is 1. The van der Waals surface area contributed by atoms with Gasteiger partial charge in [-0.3, -0.25) is 9.69 Å². The molecule has 2 N–H and O–H groups in total. The van der Waals surface area contributed by atoms with Crippen molar-refractivity contribution in [2.75, 3.05) is 44.2 Å². The van der Waals surface area contributed by atoms with Gasteiger partial charge in [-0.25, -0.2) is 0 Å². The van der Waals surface area contributed by atoms with Crippen LogP contribution in [0.15, 0.2) is 42.6 Å². The molecule has 1 amide bonds. The van der Waals surface area contributed by atoms with Crippen LogP contribution in [0.1, 0.15) is 22.3 Å². The molecule has 138 valence electrons. The molecule has 0 atom stereocenters. The Kier molecular flexibility index (Phi) is 6.41. The SMILES string of the molecule is Cc1cccc(N2CCN(CCCNC(=O)c3ccc[nH]c3=S)CC2)c1. The molecule has 6 heteroatoms. The molecule has 1 aliphatic heterocycles. The largest absolute Gasteiger partial charge is 0.369 e. The summed E-state index contributed by atoms with van der Waals surface area (Å²) >= 11 is 5.14. The first-order chi connectivity index (χ1) is 12.6. The van der Waals surface area contributed by atoms with Crippen molar-refractivity contribution in [3.8, 4) is 0 Å². The van der Waals surface area contributed by atoms with E-state index in [1.54, 1.807) is 18.3 Å². The summed E-state index contributed by atoms with van der Waals surface area (Å²) in [6.45, 7) is 8.03. The van der Waals surface area contributed by atoms with Crippen LogP contribution in [0.3, 0.4) is 0 Å². The number of carbonyl (C=O) groups excluding carboxylic acids is 1. The maximum absolute atomic E-state index is 12.1. The third kappa shape index (κ3) is 4.93. The molecular weight excluding hydrogens is 344 g/mol. The number of anilines is 1. The maximum Gasteiger partial charge on any atom is 0.254 e. The molecule has 1 aromatic carbocycles. The molecule has 3 rings (SSSR count). The van der Waals surface area contributed by atoms with Crippen LogP contribution in [0.5, 0.6) is 0 Å². The summed E-state index contributed by atoms with van der Waals surface area (Å²) < 4.78 is 0.484. The second kappa shape index (κ2) is 8.96. The Labute approximate surface area is 160 Å². The van der Waals surface area contributed by atoms with Gasteiger partial charge in [0.1, 0.15) is 4.64 Å². The van der Waals surface area contributed by atoms with Crippen molar-refractivity contribution in [3.63, 3.8) is 0 Å². The first-order valence-electron chi connectivity index (χ1n) is 9.13. The molecule has 0 bridgehead atoms. The Bertz CT molecular complexity index is 796. The molecule has 1 fully saturated rings. The van der Waals surface area contributed by atoms with E-state index in [1.165, 1.54) is 11.3 Å². The van der Waals surface area contributed by atoms with E-state index in [0.717, 1.165) is 39.1 Å². The van der Waals surface area contributed by atoms with Gasteiger partial charge in [0.15, 0.2) is 0 Å². The molecule has 5 nitrogen and oxygen atoms in total. The number of pyridine rings is 1. The predicted molar refractivity (Wildman–Crippen MR) is 108 cm³/mol. The number of nitrogens with zero attached hydrogens (tertiary/aromatic N) is 2. The Morgan fingerprint density at radius 3 is 2.73 bits per heavy atom. The minimum Gasteiger partial charge on any atom is -0.369 e. The molecule has 2 aromatic rings. The fraction of sp³-hybridized carbons (Fsp3) is 0.400. The number of hydrogen-bond acceptors (Lipinski definition) is 4. The Balaban J connectivity index is 1.37. The average Bonchev–Trinajstić information content (AvgIpc) is 2.66. The van der Waals surface area contributed by atoms with E-state index in [9.17, 15) is 4.79 Å². The quantitative estimate of drug-likeness (QED) is 0.606. The highest BCUT2D eigenvalue weighted by Crippen LogP contribution is 2.17. The van der Waals surface area contributed by atoms with Crippen LogP contribution in [0.4, 0.5) is 5.69 Å². The number of hydrogen-bond donors (Lipinski definition) is 2. The summed E-state index contributed by atoms with van der Waals surface area (Å²) in [4.78, 5) is 19.9. The van der Waals surface area contributed by atoms with Gasteiger partial charge in [-0.2, -0.15) is 0 Å². The van der Waals surface area contributed by atoms with Crippen molar-refractivity contribution in [3.05, 3.63) is 58.4 Å². The summed E-state index contributed by atoms with van der Waals surface area (Å²) in [5, 5.41) is 2.96. The van der Waals surface area contributed by atoms with E-state index in [1.807, 2.05) is 0 Å². The Morgan fingerprint density at radius 1 is 1.19 bits per heavy atom. The average molecular weight is 371 g/mol. The summed E-state index contributed by atoms with van der Waals surface area (Å²) in [5.74, 6) is -0.101. The third-order valence-corrected chi connectivity index (χ3v) is 5.08. The molecule has 1 saturated heterocycles. The standard InChI is InChI=1S/C20H26N4OS/c1-16-5-2-6-17(15-16)24-13-11-23(12-14-24)10-4-9-21-19(25)18-7-3-8-22-20(18)26/h2-3,5-8,15H,4,9-14H2,1H3,(H,21,25)(H,22,26). The van der Waals surface area contributed by atoms with Crippen molar-refractivity contribution in [2.45, 2.75) is 13.3 Å². The number of aromatic nitrogens is 1. The van der Waals surface area contributed by atoms with Gasteiger partial charge in [-0.05, 0) is 49.7 Å². The van der Waals surface area contributed by atoms with Crippen LogP contribution in [-0.4, -0.2) is 55.1 Å². The molecule has 1 aromatic heterocycles. The number of rotatable bonds is 6. The lowest BCUT2D eigenvalue weighted by atomic mass is 10.2. The normalized spacial score (nSPS) is 15.0. The zero-order chi connectivity index (χ0) is 18.4. The zero-order valence-electron chi connectivity index (χ0n) is 15.2. The van der Waals surface area contributed by atoms with Gasteiger partial charge in [0.05, 0.1) is 5.56 Å². The molecule has 0 aliphatic carbocycles. The summed E-state index contributed by atoms with van der Waals surface area (Å²) in [7, 11) is 0. The van der Waals surface area contributed by atoms with E-state index in [0.29, 0.717) is 16.7 Å². The number of carbonyl (C=O) groups is 1. The van der Waals surface area contributed by atoms with E-state index < -0.39 is 0 Å². The molecule has 2 heterocycles. The summed E-state index contributed by atoms with van der Waals surface area (Å²) in [5.41, 5.74) is 3.16. The van der Waals surface area contributed by atoms with Crippen LogP contribution in [0, 0.1) is 11.6 Å². The summed E-state index contributed by atoms with van der Waals surface area (Å²) in [6, 6.07) is 12.2. The van der Waals surface area contributed by atoms with E-state index >= 15 is 0 Å². The molecule has 0 unspecified atom stereocenters. The van der Waals surface area contributed by atoms with Crippen molar-refractivity contribution >= 4 is 23.8 Å². The lowest BCUT2D eigenvalue weighted by Gasteiger charge is -2.36. The number of benzene rings is 1. The number of amides is 1. The van der Waals surface area contributed by atoms with Gasteiger partial charge in [-0.1, -0.05) is 24.4 Å². The smallest absolute Gasteiger partial charge is 0.254 e. The monoisotopic (exact) mass is 370 g/mol. The summed E-state index contributed by atoms with van der Waals surface area (Å²) in [6.07, 6.45) is 2.68. The van der Waals surface area contributed by atoms with Crippen LogP contribution in [-0.2, 0) is 0 Å². The molecule has 26 heavy (non-hydrogen) atoms. The van der Waals surface area contributed by atoms with Crippen molar-refractivity contribution < 1.29 is 4.79 Å². The minimum atomic E-state index is -0.101. The number of aromatic amines is 1. The van der Waals surface area contributed by atoms with Gasteiger partial charge in [0.25, 0.3) is 5.91 Å². The topological polar surface area (TPSA) is 51.4 Å². The van der Waals surface area contributed by atoms with Gasteiger partial charge >= 0.3 is 0 Å². The third-order valence-electron chi connectivity index (χ3n) is 4.74. The second-order valence-electron chi connectivity index (χ2n) is 6.69. The van der Waals surface area contributed by atoms with Crippen molar-refractivity contribution in [1.29, 1.82) is 0 Å². The predicted octanol–water partition coefficient (Wildman–Crippen LogP) is 2.99.